The first-order valence-electron chi connectivity index (χ1n) is 8.14. The Labute approximate surface area is 146 Å². The molecule has 134 valence electrons. The summed E-state index contributed by atoms with van der Waals surface area (Å²) in [5, 5.41) is 3.39. The van der Waals surface area contributed by atoms with Gasteiger partial charge in [-0.25, -0.2) is 17.7 Å². The van der Waals surface area contributed by atoms with Crippen molar-refractivity contribution in [2.24, 2.45) is 5.92 Å². The van der Waals surface area contributed by atoms with E-state index >= 15 is 0 Å². The van der Waals surface area contributed by atoms with Crippen molar-refractivity contribution in [3.05, 3.63) is 15.6 Å². The standard InChI is InChI=1S/C15H23N3O4S2/c1-18(2)24(20,21)9-10-7-22-8-12(10)16-14(19)15-17-11-5-3-4-6-13(11)23-15/h10,12H,3-9H2,1-2H3,(H,16,19)/t10-,12-/m0/s1. The molecule has 0 bridgehead atoms. The van der Waals surface area contributed by atoms with Crippen LogP contribution in [0.25, 0.3) is 0 Å². The van der Waals surface area contributed by atoms with Gasteiger partial charge in [-0.15, -0.1) is 11.3 Å². The summed E-state index contributed by atoms with van der Waals surface area (Å²) in [5.74, 6) is -0.493. The Balaban J connectivity index is 1.66. The Hall–Kier alpha value is -1.03. The average Bonchev–Trinajstić information content (AvgIpc) is 3.13. The maximum Gasteiger partial charge on any atom is 0.280 e. The van der Waals surface area contributed by atoms with Crippen LogP contribution in [0.5, 0.6) is 0 Å². The van der Waals surface area contributed by atoms with Crippen molar-refractivity contribution in [1.29, 1.82) is 0 Å². The third kappa shape index (κ3) is 3.79. The Morgan fingerprint density at radius 2 is 2.08 bits per heavy atom. The zero-order chi connectivity index (χ0) is 17.3. The molecule has 1 aromatic heterocycles. The molecule has 1 fully saturated rings. The Morgan fingerprint density at radius 1 is 1.33 bits per heavy atom. The molecule has 0 saturated carbocycles. The molecule has 24 heavy (non-hydrogen) atoms. The lowest BCUT2D eigenvalue weighted by molar-refractivity contribution is 0.0925. The number of aryl methyl sites for hydroxylation is 2. The van der Waals surface area contributed by atoms with Crippen LogP contribution in [0.15, 0.2) is 0 Å². The number of nitrogens with zero attached hydrogens (tertiary/aromatic N) is 2. The Kier molecular flexibility index (Phi) is 5.24. The SMILES string of the molecule is CN(C)S(=O)(=O)C[C@@H]1COC[C@@H]1NC(=O)c1nc2c(s1)CCCC2. The van der Waals surface area contributed by atoms with Gasteiger partial charge in [-0.1, -0.05) is 0 Å². The van der Waals surface area contributed by atoms with Crippen LogP contribution in [0.1, 0.15) is 33.2 Å². The van der Waals surface area contributed by atoms with E-state index < -0.39 is 10.0 Å². The summed E-state index contributed by atoms with van der Waals surface area (Å²) in [7, 11) is -0.303. The average molecular weight is 374 g/mol. The smallest absolute Gasteiger partial charge is 0.280 e. The van der Waals surface area contributed by atoms with Crippen LogP contribution in [0, 0.1) is 5.92 Å². The predicted octanol–water partition coefficient (Wildman–Crippen LogP) is 0.658. The minimum Gasteiger partial charge on any atom is -0.379 e. The molecule has 7 nitrogen and oxygen atoms in total. The van der Waals surface area contributed by atoms with Gasteiger partial charge in [0.1, 0.15) is 0 Å². The van der Waals surface area contributed by atoms with Crippen molar-refractivity contribution in [2.45, 2.75) is 31.7 Å². The number of hydrogen-bond donors (Lipinski definition) is 1. The largest absolute Gasteiger partial charge is 0.379 e. The van der Waals surface area contributed by atoms with Crippen molar-refractivity contribution in [2.75, 3.05) is 33.1 Å². The lowest BCUT2D eigenvalue weighted by Crippen LogP contribution is -2.43. The van der Waals surface area contributed by atoms with Gasteiger partial charge in [0.05, 0.1) is 30.7 Å². The molecule has 2 heterocycles. The number of aromatic nitrogens is 1. The fourth-order valence-corrected chi connectivity index (χ4v) is 5.24. The molecule has 9 heteroatoms. The molecule has 0 radical (unpaired) electrons. The molecular formula is C15H23N3O4S2. The van der Waals surface area contributed by atoms with Crippen LogP contribution in [0.2, 0.25) is 0 Å². The zero-order valence-electron chi connectivity index (χ0n) is 13.9. The molecule has 1 aliphatic carbocycles. The van der Waals surface area contributed by atoms with Crippen molar-refractivity contribution < 1.29 is 17.9 Å². The van der Waals surface area contributed by atoms with E-state index in [2.05, 4.69) is 10.3 Å². The van der Waals surface area contributed by atoms with E-state index in [-0.39, 0.29) is 23.6 Å². The van der Waals surface area contributed by atoms with E-state index in [4.69, 9.17) is 4.74 Å². The van der Waals surface area contributed by atoms with Crippen molar-refractivity contribution >= 4 is 27.3 Å². The second kappa shape index (κ2) is 7.07. The summed E-state index contributed by atoms with van der Waals surface area (Å²) in [6.07, 6.45) is 4.21. The first kappa shape index (κ1) is 17.8. The van der Waals surface area contributed by atoms with Crippen LogP contribution in [-0.4, -0.2) is 62.7 Å². The van der Waals surface area contributed by atoms with Gasteiger partial charge in [0.2, 0.25) is 10.0 Å². The molecule has 3 rings (SSSR count). The number of nitrogens with one attached hydrogen (secondary N) is 1. The second-order valence-electron chi connectivity index (χ2n) is 6.53. The molecule has 2 aliphatic rings. The molecule has 0 aromatic carbocycles. The third-order valence-electron chi connectivity index (χ3n) is 4.54. The van der Waals surface area contributed by atoms with Crippen molar-refractivity contribution in [3.63, 3.8) is 0 Å². The normalized spacial score (nSPS) is 24.1. The maximum absolute atomic E-state index is 12.5. The molecule has 0 unspecified atom stereocenters. The van der Waals surface area contributed by atoms with E-state index in [0.717, 1.165) is 31.4 Å². The van der Waals surface area contributed by atoms with E-state index in [1.54, 1.807) is 0 Å². The molecule has 2 atom stereocenters. The van der Waals surface area contributed by atoms with E-state index in [0.29, 0.717) is 18.2 Å². The number of hydrogen-bond acceptors (Lipinski definition) is 6. The highest BCUT2D eigenvalue weighted by Gasteiger charge is 2.35. The van der Waals surface area contributed by atoms with Gasteiger partial charge in [0.25, 0.3) is 5.91 Å². The second-order valence-corrected chi connectivity index (χ2v) is 9.85. The summed E-state index contributed by atoms with van der Waals surface area (Å²) in [6, 6.07) is -0.298. The molecule has 1 aliphatic heterocycles. The van der Waals surface area contributed by atoms with Crippen LogP contribution >= 0.6 is 11.3 Å². The van der Waals surface area contributed by atoms with Gasteiger partial charge < -0.3 is 10.1 Å². The minimum absolute atomic E-state index is 0.0285. The van der Waals surface area contributed by atoms with E-state index in [9.17, 15) is 13.2 Å². The monoisotopic (exact) mass is 373 g/mol. The lowest BCUT2D eigenvalue weighted by atomic mass is 10.0. The number of amides is 1. The van der Waals surface area contributed by atoms with Crippen LogP contribution < -0.4 is 5.32 Å². The van der Waals surface area contributed by atoms with Gasteiger partial charge in [-0.3, -0.25) is 4.79 Å². The predicted molar refractivity (Wildman–Crippen MR) is 91.8 cm³/mol. The van der Waals surface area contributed by atoms with Gasteiger partial charge >= 0.3 is 0 Å². The molecule has 1 saturated heterocycles. The molecule has 1 aromatic rings. The summed E-state index contributed by atoms with van der Waals surface area (Å²) in [5.41, 5.74) is 1.05. The topological polar surface area (TPSA) is 88.6 Å². The number of sulfonamides is 1. The van der Waals surface area contributed by atoms with Crippen LogP contribution in [0.4, 0.5) is 0 Å². The number of carbonyl (C=O) groups excluding carboxylic acids is 1. The number of rotatable bonds is 5. The van der Waals surface area contributed by atoms with Crippen LogP contribution in [-0.2, 0) is 27.6 Å². The molecule has 1 amide bonds. The third-order valence-corrected chi connectivity index (χ3v) is 7.65. The molecular weight excluding hydrogens is 350 g/mol. The number of carbonyl (C=O) groups is 1. The first-order chi connectivity index (χ1) is 11.4. The summed E-state index contributed by atoms with van der Waals surface area (Å²) >= 11 is 1.46. The van der Waals surface area contributed by atoms with E-state index in [1.165, 1.54) is 34.6 Å². The van der Waals surface area contributed by atoms with Gasteiger partial charge in [0, 0.05) is 24.9 Å². The quantitative estimate of drug-likeness (QED) is 0.819. The highest BCUT2D eigenvalue weighted by atomic mass is 32.2. The fourth-order valence-electron chi connectivity index (χ4n) is 3.02. The Bertz CT molecular complexity index is 691. The van der Waals surface area contributed by atoms with Gasteiger partial charge in [-0.2, -0.15) is 0 Å². The Morgan fingerprint density at radius 3 is 2.79 bits per heavy atom. The molecule has 0 spiro atoms. The van der Waals surface area contributed by atoms with Gasteiger partial charge in [0.15, 0.2) is 5.01 Å². The van der Waals surface area contributed by atoms with Crippen molar-refractivity contribution in [3.8, 4) is 0 Å². The summed E-state index contributed by atoms with van der Waals surface area (Å²) < 4.78 is 30.7. The van der Waals surface area contributed by atoms with Crippen LogP contribution in [0.3, 0.4) is 0 Å². The number of thiazole rings is 1. The maximum atomic E-state index is 12.5. The van der Waals surface area contributed by atoms with Crippen molar-refractivity contribution in [1.82, 2.24) is 14.6 Å². The lowest BCUT2D eigenvalue weighted by Gasteiger charge is -2.20. The van der Waals surface area contributed by atoms with E-state index in [1.807, 2.05) is 0 Å². The number of fused-ring (bicyclic) bond motifs is 1. The minimum atomic E-state index is -3.33. The zero-order valence-corrected chi connectivity index (χ0v) is 15.6. The highest BCUT2D eigenvalue weighted by molar-refractivity contribution is 7.89. The summed E-state index contributed by atoms with van der Waals surface area (Å²) in [4.78, 5) is 18.2. The molecule has 1 N–H and O–H groups in total. The van der Waals surface area contributed by atoms with Gasteiger partial charge in [-0.05, 0) is 25.7 Å². The number of ether oxygens (including phenoxy) is 1. The first-order valence-corrected chi connectivity index (χ1v) is 10.6. The summed E-state index contributed by atoms with van der Waals surface area (Å²) in [6.45, 7) is 0.677. The highest BCUT2D eigenvalue weighted by Crippen LogP contribution is 2.27. The fraction of sp³-hybridized carbons (Fsp3) is 0.733.